The van der Waals surface area contributed by atoms with Crippen LogP contribution in [0, 0.1) is 5.92 Å². The number of likely N-dealkylation sites (tertiary alicyclic amines) is 1. The van der Waals surface area contributed by atoms with E-state index in [-0.39, 0.29) is 29.9 Å². The summed E-state index contributed by atoms with van der Waals surface area (Å²) in [6, 6.07) is 7.72. The number of aryl methyl sites for hydroxylation is 2. The van der Waals surface area contributed by atoms with Crippen LogP contribution >= 0.6 is 0 Å². The second-order valence-electron chi connectivity index (χ2n) is 7.23. The molecule has 28 heavy (non-hydrogen) atoms. The number of carbonyl (C=O) groups is 2. The van der Waals surface area contributed by atoms with E-state index in [2.05, 4.69) is 0 Å². The van der Waals surface area contributed by atoms with Gasteiger partial charge in [0.2, 0.25) is 5.91 Å². The standard InChI is InChI=1S/C21H29N3O4/c1-3-12-23-17-7-5-6-8-18(17)24(21(23)27)15-11-19(25)22-13-9-16(10-14-22)20(26)28-4-2/h5-8,16H,3-4,9-15H2,1-2H3. The van der Waals surface area contributed by atoms with Crippen LogP contribution in [0.2, 0.25) is 0 Å². The molecule has 0 aliphatic carbocycles. The molecule has 0 radical (unpaired) electrons. The average Bonchev–Trinajstić information content (AvgIpc) is 2.98. The molecule has 1 aromatic carbocycles. The lowest BCUT2D eigenvalue weighted by atomic mass is 9.97. The molecular formula is C21H29N3O4. The van der Waals surface area contributed by atoms with E-state index in [0.717, 1.165) is 17.5 Å². The Morgan fingerprint density at radius 3 is 2.21 bits per heavy atom. The molecule has 0 N–H and O–H groups in total. The molecule has 0 spiro atoms. The number of carbonyl (C=O) groups excluding carboxylic acids is 2. The van der Waals surface area contributed by atoms with Crippen LogP contribution in [0.4, 0.5) is 0 Å². The second-order valence-corrected chi connectivity index (χ2v) is 7.23. The highest BCUT2D eigenvalue weighted by molar-refractivity contribution is 5.78. The molecule has 1 aromatic heterocycles. The largest absolute Gasteiger partial charge is 0.466 e. The Morgan fingerprint density at radius 2 is 1.64 bits per heavy atom. The summed E-state index contributed by atoms with van der Waals surface area (Å²) in [6.45, 7) is 6.40. The zero-order valence-corrected chi connectivity index (χ0v) is 16.7. The molecule has 2 aromatic rings. The van der Waals surface area contributed by atoms with Gasteiger partial charge in [-0.15, -0.1) is 0 Å². The molecule has 152 valence electrons. The van der Waals surface area contributed by atoms with E-state index in [9.17, 15) is 14.4 Å². The number of esters is 1. The highest BCUT2D eigenvalue weighted by Gasteiger charge is 2.28. The van der Waals surface area contributed by atoms with Gasteiger partial charge in [0.05, 0.1) is 23.6 Å². The SMILES string of the molecule is CCCn1c(=O)n(CCC(=O)N2CCC(C(=O)OCC)CC2)c2ccccc21. The number of hydrogen-bond donors (Lipinski definition) is 0. The number of amides is 1. The number of fused-ring (bicyclic) bond motifs is 1. The number of benzene rings is 1. The third-order valence-electron chi connectivity index (χ3n) is 5.39. The minimum absolute atomic E-state index is 0.0292. The molecule has 0 bridgehead atoms. The first-order chi connectivity index (χ1) is 13.6. The lowest BCUT2D eigenvalue weighted by molar-refractivity contribution is -0.151. The summed E-state index contributed by atoms with van der Waals surface area (Å²) in [5, 5.41) is 0. The molecule has 0 unspecified atom stereocenters. The lowest BCUT2D eigenvalue weighted by Gasteiger charge is -2.31. The quantitative estimate of drug-likeness (QED) is 0.684. The first-order valence-electron chi connectivity index (χ1n) is 10.2. The van der Waals surface area contributed by atoms with E-state index >= 15 is 0 Å². The third-order valence-corrected chi connectivity index (χ3v) is 5.39. The fourth-order valence-electron chi connectivity index (χ4n) is 3.92. The van der Waals surface area contributed by atoms with Gasteiger partial charge in [0, 0.05) is 32.6 Å². The Labute approximate surface area is 164 Å². The molecule has 1 aliphatic rings. The monoisotopic (exact) mass is 387 g/mol. The number of piperidine rings is 1. The van der Waals surface area contributed by atoms with Crippen LogP contribution in [0.1, 0.15) is 39.5 Å². The van der Waals surface area contributed by atoms with Crippen LogP contribution in [0.5, 0.6) is 0 Å². The average molecular weight is 387 g/mol. The number of rotatable bonds is 7. The molecule has 1 saturated heterocycles. The number of para-hydroxylation sites is 2. The van der Waals surface area contributed by atoms with Gasteiger partial charge in [0.25, 0.3) is 0 Å². The van der Waals surface area contributed by atoms with Crippen molar-refractivity contribution in [3.63, 3.8) is 0 Å². The summed E-state index contributed by atoms with van der Waals surface area (Å²) in [4.78, 5) is 39.1. The van der Waals surface area contributed by atoms with Crippen LogP contribution in [0.3, 0.4) is 0 Å². The molecule has 3 rings (SSSR count). The minimum atomic E-state index is -0.162. The number of imidazole rings is 1. The van der Waals surface area contributed by atoms with Crippen molar-refractivity contribution in [2.45, 2.75) is 52.6 Å². The zero-order chi connectivity index (χ0) is 20.1. The van der Waals surface area contributed by atoms with Gasteiger partial charge < -0.3 is 9.64 Å². The van der Waals surface area contributed by atoms with Gasteiger partial charge in [-0.25, -0.2) is 4.79 Å². The van der Waals surface area contributed by atoms with Crippen molar-refractivity contribution in [3.05, 3.63) is 34.7 Å². The zero-order valence-electron chi connectivity index (χ0n) is 16.7. The second kappa shape index (κ2) is 9.08. The lowest BCUT2D eigenvalue weighted by Crippen LogP contribution is -2.41. The first-order valence-corrected chi connectivity index (χ1v) is 10.2. The molecule has 1 fully saturated rings. The van der Waals surface area contributed by atoms with Gasteiger partial charge >= 0.3 is 11.7 Å². The molecule has 0 saturated carbocycles. The number of nitrogens with zero attached hydrogens (tertiary/aromatic N) is 3. The fourth-order valence-corrected chi connectivity index (χ4v) is 3.92. The smallest absolute Gasteiger partial charge is 0.329 e. The Bertz CT molecular complexity index is 891. The summed E-state index contributed by atoms with van der Waals surface area (Å²) >= 11 is 0. The van der Waals surface area contributed by atoms with E-state index in [1.54, 1.807) is 21.0 Å². The molecular weight excluding hydrogens is 358 g/mol. The van der Waals surface area contributed by atoms with Crippen molar-refractivity contribution in [3.8, 4) is 0 Å². The van der Waals surface area contributed by atoms with Crippen LogP contribution in [0.25, 0.3) is 11.0 Å². The van der Waals surface area contributed by atoms with Crippen LogP contribution in [0.15, 0.2) is 29.1 Å². The number of aromatic nitrogens is 2. The molecule has 1 aliphatic heterocycles. The predicted octanol–water partition coefficient (Wildman–Crippen LogP) is 2.40. The maximum atomic E-state index is 12.8. The van der Waals surface area contributed by atoms with Crippen LogP contribution < -0.4 is 5.69 Å². The maximum absolute atomic E-state index is 12.8. The Balaban J connectivity index is 1.64. The summed E-state index contributed by atoms with van der Waals surface area (Å²) in [5.41, 5.74) is 1.73. The maximum Gasteiger partial charge on any atom is 0.329 e. The predicted molar refractivity (Wildman–Crippen MR) is 107 cm³/mol. The van der Waals surface area contributed by atoms with Crippen LogP contribution in [-0.2, 0) is 27.4 Å². The summed E-state index contributed by atoms with van der Waals surface area (Å²) in [5.74, 6) is -0.245. The highest BCUT2D eigenvalue weighted by atomic mass is 16.5. The normalized spacial score (nSPS) is 15.1. The van der Waals surface area contributed by atoms with Crippen molar-refractivity contribution < 1.29 is 14.3 Å². The van der Waals surface area contributed by atoms with Gasteiger partial charge in [0.1, 0.15) is 0 Å². The number of ether oxygens (including phenoxy) is 1. The van der Waals surface area contributed by atoms with E-state index < -0.39 is 0 Å². The van der Waals surface area contributed by atoms with Gasteiger partial charge in [-0.3, -0.25) is 18.7 Å². The van der Waals surface area contributed by atoms with E-state index in [1.807, 2.05) is 31.2 Å². The van der Waals surface area contributed by atoms with Gasteiger partial charge in [0.15, 0.2) is 0 Å². The van der Waals surface area contributed by atoms with E-state index in [4.69, 9.17) is 4.74 Å². The van der Waals surface area contributed by atoms with Crippen molar-refractivity contribution in [2.24, 2.45) is 5.92 Å². The molecule has 0 atom stereocenters. The van der Waals surface area contributed by atoms with Crippen molar-refractivity contribution in [2.75, 3.05) is 19.7 Å². The minimum Gasteiger partial charge on any atom is -0.466 e. The number of hydrogen-bond acceptors (Lipinski definition) is 4. The van der Waals surface area contributed by atoms with Gasteiger partial charge in [-0.2, -0.15) is 0 Å². The summed E-state index contributed by atoms with van der Waals surface area (Å²) in [7, 11) is 0. The van der Waals surface area contributed by atoms with Crippen molar-refractivity contribution in [1.29, 1.82) is 0 Å². The fraction of sp³-hybridized carbons (Fsp3) is 0.571. The Morgan fingerprint density at radius 1 is 1.04 bits per heavy atom. The molecule has 2 heterocycles. The van der Waals surface area contributed by atoms with Crippen molar-refractivity contribution in [1.82, 2.24) is 14.0 Å². The highest BCUT2D eigenvalue weighted by Crippen LogP contribution is 2.20. The van der Waals surface area contributed by atoms with E-state index in [0.29, 0.717) is 45.6 Å². The first kappa shape index (κ1) is 20.2. The van der Waals surface area contributed by atoms with E-state index in [1.165, 1.54) is 0 Å². The summed E-state index contributed by atoms with van der Waals surface area (Å²) < 4.78 is 8.56. The van der Waals surface area contributed by atoms with Crippen molar-refractivity contribution >= 4 is 22.9 Å². The summed E-state index contributed by atoms with van der Waals surface area (Å²) in [6.07, 6.45) is 2.44. The topological polar surface area (TPSA) is 73.5 Å². The van der Waals surface area contributed by atoms with Gasteiger partial charge in [-0.1, -0.05) is 19.1 Å². The molecule has 7 nitrogen and oxygen atoms in total. The Hall–Kier alpha value is -2.57. The van der Waals surface area contributed by atoms with Crippen LogP contribution in [-0.4, -0.2) is 45.6 Å². The molecule has 1 amide bonds. The third kappa shape index (κ3) is 4.13. The molecule has 7 heteroatoms. The van der Waals surface area contributed by atoms with Gasteiger partial charge in [-0.05, 0) is 38.3 Å². The Kier molecular flexibility index (Phi) is 6.54.